The monoisotopic (exact) mass is 333 g/mol. The summed E-state index contributed by atoms with van der Waals surface area (Å²) in [6.45, 7) is 0. The van der Waals surface area contributed by atoms with Crippen LogP contribution in [0.5, 0.6) is 11.5 Å². The molecule has 1 aliphatic rings. The van der Waals surface area contributed by atoms with E-state index in [0.29, 0.717) is 28.6 Å². The van der Waals surface area contributed by atoms with Gasteiger partial charge in [-0.25, -0.2) is 8.42 Å². The molecule has 0 radical (unpaired) electrons. The van der Waals surface area contributed by atoms with Gasteiger partial charge in [-0.2, -0.15) is 0 Å². The lowest BCUT2D eigenvalue weighted by Crippen LogP contribution is -2.34. The summed E-state index contributed by atoms with van der Waals surface area (Å²) in [5.41, 5.74) is 0.694. The van der Waals surface area contributed by atoms with Gasteiger partial charge in [0.2, 0.25) is 0 Å². The first-order valence-corrected chi connectivity index (χ1v) is 9.07. The largest absolute Gasteiger partial charge is 0.495 e. The lowest BCUT2D eigenvalue weighted by Gasteiger charge is -2.22. The maximum absolute atomic E-state index is 11.8. The van der Waals surface area contributed by atoms with Crippen molar-refractivity contribution >= 4 is 27.1 Å². The van der Waals surface area contributed by atoms with E-state index in [1.807, 2.05) is 0 Å². The van der Waals surface area contributed by atoms with E-state index in [1.165, 1.54) is 13.4 Å². The van der Waals surface area contributed by atoms with Crippen LogP contribution in [0.4, 0.5) is 5.69 Å². The Balaban J connectivity index is 2.30. The van der Waals surface area contributed by atoms with E-state index in [-0.39, 0.29) is 11.3 Å². The third kappa shape index (κ3) is 3.55. The van der Waals surface area contributed by atoms with Gasteiger partial charge in [-0.1, -0.05) is 11.6 Å². The third-order valence-corrected chi connectivity index (χ3v) is 5.78. The zero-order valence-corrected chi connectivity index (χ0v) is 13.9. The number of anilines is 1. The summed E-state index contributed by atoms with van der Waals surface area (Å²) >= 11 is 6.07. The molecule has 1 aromatic carbocycles. The van der Waals surface area contributed by atoms with Gasteiger partial charge in [-0.15, -0.1) is 0 Å². The lowest BCUT2D eigenvalue weighted by atomic mass is 10.2. The van der Waals surface area contributed by atoms with Crippen molar-refractivity contribution < 1.29 is 17.9 Å². The Hall–Kier alpha value is -1.14. The second-order valence-electron chi connectivity index (χ2n) is 5.24. The van der Waals surface area contributed by atoms with E-state index >= 15 is 0 Å². The molecule has 1 fully saturated rings. The van der Waals surface area contributed by atoms with Crippen molar-refractivity contribution in [2.75, 3.05) is 25.8 Å². The summed E-state index contributed by atoms with van der Waals surface area (Å²) in [6.07, 6.45) is 3.68. The Labute approximate surface area is 130 Å². The van der Waals surface area contributed by atoms with Crippen molar-refractivity contribution in [1.82, 2.24) is 0 Å². The van der Waals surface area contributed by atoms with Gasteiger partial charge in [0, 0.05) is 24.4 Å². The highest BCUT2D eigenvalue weighted by molar-refractivity contribution is 7.91. The maximum atomic E-state index is 11.8. The van der Waals surface area contributed by atoms with Crippen molar-refractivity contribution in [1.29, 1.82) is 0 Å². The Morgan fingerprint density at radius 1 is 1.19 bits per heavy atom. The summed E-state index contributed by atoms with van der Waals surface area (Å²) in [6, 6.07) is 3.27. The minimum Gasteiger partial charge on any atom is -0.495 e. The lowest BCUT2D eigenvalue weighted by molar-refractivity contribution is 0.404. The number of hydrogen-bond acceptors (Lipinski definition) is 5. The van der Waals surface area contributed by atoms with Crippen LogP contribution in [0.25, 0.3) is 0 Å². The minimum absolute atomic E-state index is 0.125. The van der Waals surface area contributed by atoms with Crippen molar-refractivity contribution in [2.45, 2.75) is 30.6 Å². The molecule has 0 aliphatic heterocycles. The summed E-state index contributed by atoms with van der Waals surface area (Å²) < 4.78 is 34.2. The van der Waals surface area contributed by atoms with Gasteiger partial charge >= 0.3 is 0 Å². The Bertz CT molecular complexity index is 618. The highest BCUT2D eigenvalue weighted by atomic mass is 35.5. The number of hydrogen-bond donors (Lipinski definition) is 1. The minimum atomic E-state index is -3.08. The van der Waals surface area contributed by atoms with Gasteiger partial charge in [0.05, 0.1) is 30.2 Å². The van der Waals surface area contributed by atoms with Crippen molar-refractivity contribution in [3.63, 3.8) is 0 Å². The van der Waals surface area contributed by atoms with Gasteiger partial charge in [0.25, 0.3) is 0 Å². The molecule has 0 amide bonds. The summed E-state index contributed by atoms with van der Waals surface area (Å²) in [7, 11) is 0.00583. The summed E-state index contributed by atoms with van der Waals surface area (Å²) in [4.78, 5) is 0. The fraction of sp³-hybridized carbons (Fsp3) is 0.571. The number of rotatable bonds is 5. The van der Waals surface area contributed by atoms with Crippen LogP contribution in [0.3, 0.4) is 0 Å². The summed E-state index contributed by atoms with van der Waals surface area (Å²) in [5, 5.41) is 3.35. The van der Waals surface area contributed by atoms with Crippen molar-refractivity contribution in [3.05, 3.63) is 17.2 Å². The van der Waals surface area contributed by atoms with Gasteiger partial charge < -0.3 is 14.8 Å². The normalized spacial score (nSPS) is 22.1. The van der Waals surface area contributed by atoms with Crippen molar-refractivity contribution in [2.24, 2.45) is 0 Å². The van der Waals surface area contributed by atoms with Gasteiger partial charge in [-0.3, -0.25) is 0 Å². The molecule has 0 aromatic heterocycles. The van der Waals surface area contributed by atoms with Gasteiger partial charge in [-0.05, 0) is 19.3 Å². The first-order chi connectivity index (χ1) is 9.86. The molecule has 21 heavy (non-hydrogen) atoms. The molecule has 2 unspecified atom stereocenters. The Kier molecular flexibility index (Phi) is 4.88. The van der Waals surface area contributed by atoms with E-state index < -0.39 is 9.84 Å². The first kappa shape index (κ1) is 16.2. The molecular weight excluding hydrogens is 314 g/mol. The number of halogens is 1. The van der Waals surface area contributed by atoms with E-state index in [9.17, 15) is 8.42 Å². The quantitative estimate of drug-likeness (QED) is 0.897. The zero-order chi connectivity index (χ0) is 15.6. The second kappa shape index (κ2) is 6.32. The molecule has 118 valence electrons. The van der Waals surface area contributed by atoms with Crippen LogP contribution in [0, 0.1) is 0 Å². The third-order valence-electron chi connectivity index (χ3n) is 3.82. The molecule has 5 nitrogen and oxygen atoms in total. The smallest absolute Gasteiger partial charge is 0.152 e. The van der Waals surface area contributed by atoms with E-state index in [4.69, 9.17) is 21.1 Å². The molecule has 0 heterocycles. The van der Waals surface area contributed by atoms with Crippen LogP contribution >= 0.6 is 11.6 Å². The van der Waals surface area contributed by atoms with Crippen LogP contribution in [-0.2, 0) is 9.84 Å². The van der Waals surface area contributed by atoms with E-state index in [1.54, 1.807) is 19.2 Å². The second-order valence-corrected chi connectivity index (χ2v) is 7.91. The van der Waals surface area contributed by atoms with Crippen LogP contribution in [0.15, 0.2) is 12.1 Å². The molecule has 7 heteroatoms. The number of ether oxygens (including phenoxy) is 2. The van der Waals surface area contributed by atoms with Crippen LogP contribution in [0.2, 0.25) is 5.02 Å². The van der Waals surface area contributed by atoms with E-state index in [0.717, 1.165) is 12.8 Å². The predicted octanol–water partition coefficient (Wildman–Crippen LogP) is 2.73. The molecule has 1 N–H and O–H groups in total. The molecule has 2 atom stereocenters. The topological polar surface area (TPSA) is 64.6 Å². The van der Waals surface area contributed by atoms with Gasteiger partial charge in [0.1, 0.15) is 11.5 Å². The van der Waals surface area contributed by atoms with Crippen molar-refractivity contribution in [3.8, 4) is 11.5 Å². The summed E-state index contributed by atoms with van der Waals surface area (Å²) in [5.74, 6) is 1.09. The fourth-order valence-electron chi connectivity index (χ4n) is 2.78. The van der Waals surface area contributed by atoms with Crippen LogP contribution < -0.4 is 14.8 Å². The van der Waals surface area contributed by atoms with Gasteiger partial charge in [0.15, 0.2) is 9.84 Å². The molecule has 2 rings (SSSR count). The predicted molar refractivity (Wildman–Crippen MR) is 84.4 cm³/mol. The SMILES string of the molecule is COc1cc(NC2CCCC2S(C)(=O)=O)c(OC)cc1Cl. The number of sulfone groups is 1. The maximum Gasteiger partial charge on any atom is 0.152 e. The first-order valence-electron chi connectivity index (χ1n) is 6.73. The highest BCUT2D eigenvalue weighted by Crippen LogP contribution is 2.38. The molecule has 1 aliphatic carbocycles. The van der Waals surface area contributed by atoms with E-state index in [2.05, 4.69) is 5.32 Å². The zero-order valence-electron chi connectivity index (χ0n) is 12.3. The molecule has 1 saturated carbocycles. The number of nitrogens with one attached hydrogen (secondary N) is 1. The standard InChI is InChI=1S/C14H20ClNO4S/c1-19-12-8-11(13(20-2)7-9(12)15)16-10-5-4-6-14(10)21(3,17)18/h7-8,10,14,16H,4-6H2,1-3H3. The number of methoxy groups -OCH3 is 2. The average molecular weight is 334 g/mol. The highest BCUT2D eigenvalue weighted by Gasteiger charge is 2.35. The van der Waals surface area contributed by atoms with Crippen LogP contribution in [-0.4, -0.2) is 40.2 Å². The molecule has 0 bridgehead atoms. The average Bonchev–Trinajstić information content (AvgIpc) is 2.88. The van der Waals surface area contributed by atoms with Crippen LogP contribution in [0.1, 0.15) is 19.3 Å². The molecule has 0 spiro atoms. The molecule has 1 aromatic rings. The molecular formula is C14H20ClNO4S. The molecule has 0 saturated heterocycles. The Morgan fingerprint density at radius 2 is 1.86 bits per heavy atom. The fourth-order valence-corrected chi connectivity index (χ4v) is 4.40. The number of benzene rings is 1. The Morgan fingerprint density at radius 3 is 2.43 bits per heavy atom.